The zero-order valence-electron chi connectivity index (χ0n) is 15.1. The smallest absolute Gasteiger partial charge is 0.278 e. The Morgan fingerprint density at radius 3 is 2.56 bits per heavy atom. The van der Waals surface area contributed by atoms with E-state index in [9.17, 15) is 9.18 Å². The van der Waals surface area contributed by atoms with Crippen molar-refractivity contribution in [2.45, 2.75) is 40.2 Å². The van der Waals surface area contributed by atoms with Crippen LogP contribution in [0.1, 0.15) is 37.9 Å². The molecule has 2 heterocycles. The summed E-state index contributed by atoms with van der Waals surface area (Å²) in [6.07, 6.45) is 0. The zero-order chi connectivity index (χ0) is 18.3. The number of nitrogens with zero attached hydrogens (tertiary/aromatic N) is 3. The SMILES string of the molecule is CCn1c(-c2ccc(OC)cc2F)nn2c(C)cc(C(C)C)c2c1=O. The minimum Gasteiger partial charge on any atom is -0.497 e. The molecule has 132 valence electrons. The van der Waals surface area contributed by atoms with Gasteiger partial charge in [0.25, 0.3) is 5.56 Å². The summed E-state index contributed by atoms with van der Waals surface area (Å²) < 4.78 is 22.8. The lowest BCUT2D eigenvalue weighted by molar-refractivity contribution is 0.411. The molecular formula is C19H22FN3O2. The van der Waals surface area contributed by atoms with E-state index in [1.54, 1.807) is 16.6 Å². The second kappa shape index (κ2) is 6.35. The van der Waals surface area contributed by atoms with Crippen molar-refractivity contribution >= 4 is 5.52 Å². The first-order chi connectivity index (χ1) is 11.9. The molecule has 0 N–H and O–H groups in total. The number of halogens is 1. The molecule has 2 aromatic heterocycles. The van der Waals surface area contributed by atoms with Crippen LogP contribution in [0.4, 0.5) is 4.39 Å². The van der Waals surface area contributed by atoms with E-state index >= 15 is 0 Å². The van der Waals surface area contributed by atoms with Crippen LogP contribution in [-0.4, -0.2) is 21.3 Å². The first kappa shape index (κ1) is 17.2. The van der Waals surface area contributed by atoms with Crippen molar-refractivity contribution in [3.05, 3.63) is 51.7 Å². The van der Waals surface area contributed by atoms with Gasteiger partial charge in [0.2, 0.25) is 0 Å². The molecule has 0 spiro atoms. The van der Waals surface area contributed by atoms with E-state index in [2.05, 4.69) is 5.10 Å². The van der Waals surface area contributed by atoms with Gasteiger partial charge in [-0.25, -0.2) is 8.91 Å². The van der Waals surface area contributed by atoms with Crippen LogP contribution in [0.25, 0.3) is 16.9 Å². The van der Waals surface area contributed by atoms with Gasteiger partial charge in [0.1, 0.15) is 17.1 Å². The summed E-state index contributed by atoms with van der Waals surface area (Å²) in [6.45, 7) is 8.25. The molecule has 0 aliphatic carbocycles. The summed E-state index contributed by atoms with van der Waals surface area (Å²) in [5.74, 6) is 0.467. The van der Waals surface area contributed by atoms with Crippen LogP contribution in [0.3, 0.4) is 0 Å². The number of fused-ring (bicyclic) bond motifs is 1. The van der Waals surface area contributed by atoms with Gasteiger partial charge < -0.3 is 4.74 Å². The molecule has 0 aliphatic rings. The van der Waals surface area contributed by atoms with Crippen molar-refractivity contribution < 1.29 is 9.13 Å². The van der Waals surface area contributed by atoms with Gasteiger partial charge in [0, 0.05) is 18.3 Å². The van der Waals surface area contributed by atoms with Gasteiger partial charge in [0.15, 0.2) is 5.82 Å². The van der Waals surface area contributed by atoms with Crippen molar-refractivity contribution in [3.63, 3.8) is 0 Å². The highest BCUT2D eigenvalue weighted by atomic mass is 19.1. The Bertz CT molecular complexity index is 1000. The number of hydrogen-bond donors (Lipinski definition) is 0. The third-order valence-electron chi connectivity index (χ3n) is 4.44. The van der Waals surface area contributed by atoms with E-state index in [-0.39, 0.29) is 17.0 Å². The third kappa shape index (κ3) is 2.71. The van der Waals surface area contributed by atoms with Crippen LogP contribution in [0.15, 0.2) is 29.1 Å². The fourth-order valence-electron chi connectivity index (χ4n) is 3.11. The fourth-order valence-corrected chi connectivity index (χ4v) is 3.11. The monoisotopic (exact) mass is 343 g/mol. The van der Waals surface area contributed by atoms with Gasteiger partial charge in [-0.05, 0) is 43.5 Å². The van der Waals surface area contributed by atoms with Gasteiger partial charge in [-0.3, -0.25) is 9.36 Å². The van der Waals surface area contributed by atoms with Crippen molar-refractivity contribution in [3.8, 4) is 17.1 Å². The molecule has 3 rings (SSSR count). The van der Waals surface area contributed by atoms with Crippen molar-refractivity contribution in [2.75, 3.05) is 7.11 Å². The number of hydrogen-bond acceptors (Lipinski definition) is 3. The second-order valence-electron chi connectivity index (χ2n) is 6.37. The second-order valence-corrected chi connectivity index (χ2v) is 6.37. The van der Waals surface area contributed by atoms with Crippen LogP contribution in [0.5, 0.6) is 5.75 Å². The molecule has 3 aromatic rings. The van der Waals surface area contributed by atoms with E-state index in [1.165, 1.54) is 17.7 Å². The van der Waals surface area contributed by atoms with E-state index in [4.69, 9.17) is 4.74 Å². The largest absolute Gasteiger partial charge is 0.497 e. The van der Waals surface area contributed by atoms with Crippen LogP contribution in [0, 0.1) is 12.7 Å². The Morgan fingerprint density at radius 2 is 2.00 bits per heavy atom. The van der Waals surface area contributed by atoms with Crippen LogP contribution < -0.4 is 10.3 Å². The molecule has 0 atom stereocenters. The first-order valence-corrected chi connectivity index (χ1v) is 8.36. The number of aromatic nitrogens is 3. The van der Waals surface area contributed by atoms with Crippen molar-refractivity contribution in [2.24, 2.45) is 0 Å². The maximum atomic E-state index is 14.6. The molecule has 0 fully saturated rings. The Balaban J connectivity index is 2.37. The first-order valence-electron chi connectivity index (χ1n) is 8.36. The number of methoxy groups -OCH3 is 1. The number of aryl methyl sites for hydroxylation is 1. The molecule has 0 radical (unpaired) electrons. The quantitative estimate of drug-likeness (QED) is 0.725. The van der Waals surface area contributed by atoms with Gasteiger partial charge in [-0.2, -0.15) is 0 Å². The minimum atomic E-state index is -0.471. The molecule has 5 nitrogen and oxygen atoms in total. The standard InChI is InChI=1S/C19H22FN3O2/c1-6-22-18(14-8-7-13(25-5)10-16(14)20)21-23-12(4)9-15(11(2)3)17(23)19(22)24/h7-11H,6H2,1-5H3. The lowest BCUT2D eigenvalue weighted by Gasteiger charge is -2.14. The Kier molecular flexibility index (Phi) is 4.37. The summed E-state index contributed by atoms with van der Waals surface area (Å²) in [4.78, 5) is 13.1. The van der Waals surface area contributed by atoms with E-state index < -0.39 is 5.82 Å². The molecule has 25 heavy (non-hydrogen) atoms. The maximum Gasteiger partial charge on any atom is 0.278 e. The van der Waals surface area contributed by atoms with Crippen LogP contribution in [-0.2, 0) is 6.54 Å². The maximum absolute atomic E-state index is 14.6. The van der Waals surface area contributed by atoms with Gasteiger partial charge in [-0.15, -0.1) is 5.10 Å². The average Bonchev–Trinajstić information content (AvgIpc) is 2.92. The van der Waals surface area contributed by atoms with Gasteiger partial charge >= 0.3 is 0 Å². The molecule has 0 aliphatic heterocycles. The molecule has 0 saturated carbocycles. The summed E-state index contributed by atoms with van der Waals surface area (Å²) in [5, 5.41) is 4.59. The topological polar surface area (TPSA) is 48.5 Å². The van der Waals surface area contributed by atoms with Crippen LogP contribution >= 0.6 is 0 Å². The lowest BCUT2D eigenvalue weighted by atomic mass is 10.1. The van der Waals surface area contributed by atoms with Crippen LogP contribution in [0.2, 0.25) is 0 Å². The number of rotatable bonds is 4. The summed E-state index contributed by atoms with van der Waals surface area (Å²) in [7, 11) is 1.48. The normalized spacial score (nSPS) is 11.5. The highest BCUT2D eigenvalue weighted by molar-refractivity contribution is 5.62. The average molecular weight is 343 g/mol. The molecular weight excluding hydrogens is 321 g/mol. The van der Waals surface area contributed by atoms with E-state index in [0.29, 0.717) is 23.6 Å². The summed E-state index contributed by atoms with van der Waals surface area (Å²) >= 11 is 0. The predicted molar refractivity (Wildman–Crippen MR) is 95.9 cm³/mol. The Hall–Kier alpha value is -2.63. The van der Waals surface area contributed by atoms with Crippen molar-refractivity contribution in [1.82, 2.24) is 14.2 Å². The van der Waals surface area contributed by atoms with E-state index in [0.717, 1.165) is 11.3 Å². The lowest BCUT2D eigenvalue weighted by Crippen LogP contribution is -2.26. The minimum absolute atomic E-state index is 0.153. The Labute approximate surface area is 145 Å². The molecule has 0 saturated heterocycles. The predicted octanol–water partition coefficient (Wildman–Crippen LogP) is 3.76. The number of benzene rings is 1. The highest BCUT2D eigenvalue weighted by Gasteiger charge is 2.20. The van der Waals surface area contributed by atoms with Gasteiger partial charge in [-0.1, -0.05) is 13.8 Å². The molecule has 0 unspecified atom stereocenters. The Morgan fingerprint density at radius 1 is 1.28 bits per heavy atom. The molecule has 6 heteroatoms. The van der Waals surface area contributed by atoms with Crippen molar-refractivity contribution in [1.29, 1.82) is 0 Å². The fraction of sp³-hybridized carbons (Fsp3) is 0.368. The molecule has 1 aromatic carbocycles. The third-order valence-corrected chi connectivity index (χ3v) is 4.44. The summed E-state index contributed by atoms with van der Waals surface area (Å²) in [6, 6.07) is 6.53. The highest BCUT2D eigenvalue weighted by Crippen LogP contribution is 2.27. The molecule has 0 bridgehead atoms. The summed E-state index contributed by atoms with van der Waals surface area (Å²) in [5.41, 5.74) is 2.50. The zero-order valence-corrected chi connectivity index (χ0v) is 15.1. The molecule has 0 amide bonds. The number of ether oxygens (including phenoxy) is 1. The van der Waals surface area contributed by atoms with E-state index in [1.807, 2.05) is 33.8 Å². The van der Waals surface area contributed by atoms with Gasteiger partial charge in [0.05, 0.1) is 12.7 Å².